The predicted octanol–water partition coefficient (Wildman–Crippen LogP) is 1.81. The second kappa shape index (κ2) is 10.5. The monoisotopic (exact) mass is 484 g/mol. The molecule has 0 saturated heterocycles. The van der Waals surface area contributed by atoms with Crippen LogP contribution in [0.5, 0.6) is 5.75 Å². The maximum atomic E-state index is 14.0. The molecule has 0 saturated carbocycles. The molecular weight excluding hydrogens is 462 g/mol. The fourth-order valence-corrected chi connectivity index (χ4v) is 3.72. The van der Waals surface area contributed by atoms with Gasteiger partial charge in [-0.3, -0.25) is 14.4 Å². The SMILES string of the molecule is NOC[C@H]1CNC(=O)c2c(OCc3ccccc3)c(=O)c(C(=O)NCc3ccc(F)cc3F)cn21. The average molecular weight is 484 g/mol. The van der Waals surface area contributed by atoms with Crippen molar-refractivity contribution >= 4 is 11.8 Å². The number of fused-ring (bicyclic) bond motifs is 1. The summed E-state index contributed by atoms with van der Waals surface area (Å²) in [6.07, 6.45) is 1.23. The number of halogens is 2. The third kappa shape index (κ3) is 5.20. The van der Waals surface area contributed by atoms with Crippen LogP contribution >= 0.6 is 0 Å². The van der Waals surface area contributed by atoms with Crippen molar-refractivity contribution in [1.29, 1.82) is 0 Å². The molecule has 0 unspecified atom stereocenters. The molecule has 35 heavy (non-hydrogen) atoms. The predicted molar refractivity (Wildman–Crippen MR) is 121 cm³/mol. The lowest BCUT2D eigenvalue weighted by Crippen LogP contribution is -2.44. The van der Waals surface area contributed by atoms with Gasteiger partial charge in [-0.25, -0.2) is 14.7 Å². The first-order chi connectivity index (χ1) is 16.9. The van der Waals surface area contributed by atoms with Gasteiger partial charge >= 0.3 is 0 Å². The Morgan fingerprint density at radius 3 is 2.66 bits per heavy atom. The lowest BCUT2D eigenvalue weighted by atomic mass is 10.1. The Balaban J connectivity index is 1.70. The number of carbonyl (C=O) groups excluding carboxylic acids is 2. The van der Waals surface area contributed by atoms with Crippen LogP contribution in [0.1, 0.15) is 38.0 Å². The molecule has 11 heteroatoms. The van der Waals surface area contributed by atoms with E-state index in [9.17, 15) is 23.2 Å². The molecule has 2 heterocycles. The van der Waals surface area contributed by atoms with Crippen molar-refractivity contribution < 1.29 is 27.9 Å². The van der Waals surface area contributed by atoms with Gasteiger partial charge < -0.3 is 24.8 Å². The molecule has 182 valence electrons. The van der Waals surface area contributed by atoms with Crippen molar-refractivity contribution in [2.24, 2.45) is 5.90 Å². The van der Waals surface area contributed by atoms with E-state index in [1.165, 1.54) is 16.8 Å². The molecule has 0 bridgehead atoms. The van der Waals surface area contributed by atoms with Gasteiger partial charge in [-0.2, -0.15) is 0 Å². The van der Waals surface area contributed by atoms with Crippen molar-refractivity contribution in [3.63, 3.8) is 0 Å². The quantitative estimate of drug-likeness (QED) is 0.419. The van der Waals surface area contributed by atoms with Gasteiger partial charge in [0.15, 0.2) is 11.4 Å². The molecule has 0 fully saturated rings. The number of benzene rings is 2. The fourth-order valence-electron chi connectivity index (χ4n) is 3.72. The molecule has 0 radical (unpaired) electrons. The number of hydrogen-bond donors (Lipinski definition) is 3. The first-order valence-electron chi connectivity index (χ1n) is 10.7. The lowest BCUT2D eigenvalue weighted by molar-refractivity contribution is 0.0781. The van der Waals surface area contributed by atoms with Crippen LogP contribution < -0.4 is 26.7 Å². The summed E-state index contributed by atoms with van der Waals surface area (Å²) in [7, 11) is 0. The normalized spacial score (nSPS) is 14.7. The maximum Gasteiger partial charge on any atom is 0.272 e. The third-order valence-electron chi connectivity index (χ3n) is 5.51. The maximum absolute atomic E-state index is 14.0. The van der Waals surface area contributed by atoms with E-state index in [0.717, 1.165) is 11.6 Å². The lowest BCUT2D eigenvalue weighted by Gasteiger charge is -2.29. The van der Waals surface area contributed by atoms with Crippen LogP contribution in [0.4, 0.5) is 8.78 Å². The Labute approximate surface area is 198 Å². The van der Waals surface area contributed by atoms with E-state index in [2.05, 4.69) is 10.6 Å². The Hall–Kier alpha value is -4.09. The zero-order valence-electron chi connectivity index (χ0n) is 18.4. The first-order valence-corrected chi connectivity index (χ1v) is 10.7. The summed E-state index contributed by atoms with van der Waals surface area (Å²) in [5.74, 6) is 1.95. The summed E-state index contributed by atoms with van der Waals surface area (Å²) in [4.78, 5) is 43.6. The molecule has 3 aromatic rings. The van der Waals surface area contributed by atoms with Gasteiger partial charge in [-0.15, -0.1) is 0 Å². The molecule has 9 nitrogen and oxygen atoms in total. The van der Waals surface area contributed by atoms with Gasteiger partial charge in [0, 0.05) is 30.9 Å². The number of rotatable bonds is 8. The molecule has 4 rings (SSSR count). The van der Waals surface area contributed by atoms with E-state index in [4.69, 9.17) is 15.5 Å². The van der Waals surface area contributed by atoms with Crippen LogP contribution in [0.15, 0.2) is 59.5 Å². The summed E-state index contributed by atoms with van der Waals surface area (Å²) in [6.45, 7) is -0.190. The Kier molecular flexibility index (Phi) is 7.18. The van der Waals surface area contributed by atoms with Gasteiger partial charge in [0.25, 0.3) is 11.8 Å². The number of nitrogens with two attached hydrogens (primary N) is 1. The van der Waals surface area contributed by atoms with Crippen molar-refractivity contribution in [3.8, 4) is 5.75 Å². The van der Waals surface area contributed by atoms with Gasteiger partial charge in [0.05, 0.1) is 12.6 Å². The van der Waals surface area contributed by atoms with Gasteiger partial charge in [0.2, 0.25) is 5.43 Å². The molecule has 0 aliphatic carbocycles. The molecule has 2 amide bonds. The molecule has 1 atom stereocenters. The molecule has 4 N–H and O–H groups in total. The van der Waals surface area contributed by atoms with Crippen LogP contribution in [0.3, 0.4) is 0 Å². The fraction of sp³-hybridized carbons (Fsp3) is 0.208. The topological polar surface area (TPSA) is 125 Å². The van der Waals surface area contributed by atoms with Crippen LogP contribution in [0.25, 0.3) is 0 Å². The highest BCUT2D eigenvalue weighted by atomic mass is 19.1. The van der Waals surface area contributed by atoms with Crippen LogP contribution in [-0.2, 0) is 18.0 Å². The minimum absolute atomic E-state index is 0.0177. The van der Waals surface area contributed by atoms with Crippen molar-refractivity contribution in [2.75, 3.05) is 13.2 Å². The van der Waals surface area contributed by atoms with Crippen LogP contribution in [0.2, 0.25) is 0 Å². The second-order valence-electron chi connectivity index (χ2n) is 7.85. The molecule has 0 spiro atoms. The summed E-state index contributed by atoms with van der Waals surface area (Å²) in [6, 6.07) is 11.4. The van der Waals surface area contributed by atoms with Gasteiger partial charge in [-0.1, -0.05) is 36.4 Å². The van der Waals surface area contributed by atoms with E-state index >= 15 is 0 Å². The molecule has 1 aliphatic heterocycles. The van der Waals surface area contributed by atoms with E-state index < -0.39 is 34.9 Å². The van der Waals surface area contributed by atoms with E-state index in [1.807, 2.05) is 6.07 Å². The van der Waals surface area contributed by atoms with Crippen LogP contribution in [-0.4, -0.2) is 29.5 Å². The molecular formula is C24H22F2N4O5. The molecule has 1 aromatic heterocycles. The largest absolute Gasteiger partial charge is 0.483 e. The van der Waals surface area contributed by atoms with E-state index in [1.54, 1.807) is 24.3 Å². The number of nitrogens with one attached hydrogen (secondary N) is 2. The summed E-state index contributed by atoms with van der Waals surface area (Å²) in [5.41, 5.74) is -0.428. The van der Waals surface area contributed by atoms with Crippen LogP contribution in [0, 0.1) is 11.6 Å². The number of pyridine rings is 1. The average Bonchev–Trinajstić information content (AvgIpc) is 2.85. The number of carbonyl (C=O) groups is 2. The zero-order chi connectivity index (χ0) is 24.9. The smallest absolute Gasteiger partial charge is 0.272 e. The second-order valence-corrected chi connectivity index (χ2v) is 7.85. The molecule has 1 aliphatic rings. The third-order valence-corrected chi connectivity index (χ3v) is 5.51. The van der Waals surface area contributed by atoms with Crippen molar-refractivity contribution in [2.45, 2.75) is 19.2 Å². The highest BCUT2D eigenvalue weighted by molar-refractivity contribution is 5.99. The Bertz CT molecular complexity index is 1310. The molecule has 2 aromatic carbocycles. The summed E-state index contributed by atoms with van der Waals surface area (Å²) in [5, 5.41) is 5.11. The van der Waals surface area contributed by atoms with E-state index in [-0.39, 0.29) is 48.9 Å². The minimum atomic E-state index is -0.837. The Morgan fingerprint density at radius 2 is 1.94 bits per heavy atom. The number of amides is 2. The van der Waals surface area contributed by atoms with Crippen molar-refractivity contribution in [1.82, 2.24) is 15.2 Å². The number of ether oxygens (including phenoxy) is 1. The van der Waals surface area contributed by atoms with Crippen molar-refractivity contribution in [3.05, 3.63) is 99.0 Å². The highest BCUT2D eigenvalue weighted by Crippen LogP contribution is 2.24. The summed E-state index contributed by atoms with van der Waals surface area (Å²) >= 11 is 0. The van der Waals surface area contributed by atoms with Gasteiger partial charge in [0.1, 0.15) is 23.8 Å². The summed E-state index contributed by atoms with van der Waals surface area (Å²) < 4.78 is 34.3. The standard InChI is InChI=1S/C24H22F2N4O5/c25-16-7-6-15(19(26)8-16)9-28-23(32)18-11-30-17(13-35-27)10-29-24(33)20(30)22(21(18)31)34-12-14-4-2-1-3-5-14/h1-8,11,17H,9-10,12-13,27H2,(H,28,32)(H,29,33)/t17-/m1/s1. The van der Waals surface area contributed by atoms with E-state index in [0.29, 0.717) is 6.07 Å². The van der Waals surface area contributed by atoms with Gasteiger partial charge in [-0.05, 0) is 11.6 Å². The first kappa shape index (κ1) is 24.0. The zero-order valence-corrected chi connectivity index (χ0v) is 18.4. The Morgan fingerprint density at radius 1 is 1.17 bits per heavy atom. The number of aromatic nitrogens is 1. The number of hydrogen-bond acceptors (Lipinski definition) is 6. The highest BCUT2D eigenvalue weighted by Gasteiger charge is 2.32. The minimum Gasteiger partial charge on any atom is -0.483 e. The number of nitrogens with zero attached hydrogens (tertiary/aromatic N) is 1.